The average Bonchev–Trinajstić information content (AvgIpc) is 2.34. The molecule has 0 aromatic rings. The number of nitrogens with one attached hydrogen (secondary N) is 1. The van der Waals surface area contributed by atoms with E-state index in [0.717, 1.165) is 19.3 Å². The summed E-state index contributed by atoms with van der Waals surface area (Å²) in [5.74, 6) is -0.0268. The maximum absolute atomic E-state index is 11.4. The summed E-state index contributed by atoms with van der Waals surface area (Å²) in [6.07, 6.45) is 5.09. The summed E-state index contributed by atoms with van der Waals surface area (Å²) in [6.45, 7) is 2.12. The van der Waals surface area contributed by atoms with E-state index in [9.17, 15) is 4.79 Å². The predicted molar refractivity (Wildman–Crippen MR) is 56.1 cm³/mol. The van der Waals surface area contributed by atoms with Gasteiger partial charge in [-0.1, -0.05) is 19.4 Å². The SMILES string of the molecule is CCCC/C=C1/NC(=S)N(C)C1=O. The van der Waals surface area contributed by atoms with Crippen LogP contribution >= 0.6 is 12.2 Å². The van der Waals surface area contributed by atoms with Crippen LogP contribution in [0.5, 0.6) is 0 Å². The summed E-state index contributed by atoms with van der Waals surface area (Å²) in [4.78, 5) is 12.9. The van der Waals surface area contributed by atoms with E-state index in [2.05, 4.69) is 12.2 Å². The molecule has 1 heterocycles. The zero-order valence-electron chi connectivity index (χ0n) is 7.96. The highest BCUT2D eigenvalue weighted by molar-refractivity contribution is 7.80. The van der Waals surface area contributed by atoms with Crippen molar-refractivity contribution in [1.82, 2.24) is 10.2 Å². The first kappa shape index (κ1) is 10.2. The normalized spacial score (nSPS) is 19.8. The second kappa shape index (κ2) is 4.37. The Balaban J connectivity index is 2.57. The van der Waals surface area contributed by atoms with Crippen molar-refractivity contribution < 1.29 is 4.79 Å². The number of carbonyl (C=O) groups excluding carboxylic acids is 1. The molecule has 1 N–H and O–H groups in total. The number of amides is 1. The quantitative estimate of drug-likeness (QED) is 0.423. The van der Waals surface area contributed by atoms with Gasteiger partial charge < -0.3 is 5.32 Å². The molecule has 0 aliphatic carbocycles. The number of carbonyl (C=O) groups is 1. The highest BCUT2D eigenvalue weighted by atomic mass is 32.1. The summed E-state index contributed by atoms with van der Waals surface area (Å²) in [5.41, 5.74) is 0.626. The Kier molecular flexibility index (Phi) is 3.42. The van der Waals surface area contributed by atoms with Crippen molar-refractivity contribution in [2.45, 2.75) is 26.2 Å². The van der Waals surface area contributed by atoms with Crippen LogP contribution in [0.25, 0.3) is 0 Å². The minimum Gasteiger partial charge on any atom is -0.328 e. The van der Waals surface area contributed by atoms with Crippen LogP contribution in [-0.4, -0.2) is 23.0 Å². The van der Waals surface area contributed by atoms with Crippen LogP contribution in [0.1, 0.15) is 26.2 Å². The molecule has 0 aromatic heterocycles. The molecule has 0 saturated carbocycles. The largest absolute Gasteiger partial charge is 0.328 e. The van der Waals surface area contributed by atoms with E-state index < -0.39 is 0 Å². The topological polar surface area (TPSA) is 32.3 Å². The van der Waals surface area contributed by atoms with Gasteiger partial charge in [-0.15, -0.1) is 0 Å². The minimum absolute atomic E-state index is 0.0268. The molecule has 1 rings (SSSR count). The monoisotopic (exact) mass is 198 g/mol. The Morgan fingerprint density at radius 1 is 1.62 bits per heavy atom. The lowest BCUT2D eigenvalue weighted by molar-refractivity contribution is -0.121. The first-order valence-corrected chi connectivity index (χ1v) is 4.86. The molecule has 13 heavy (non-hydrogen) atoms. The van der Waals surface area contributed by atoms with Crippen molar-refractivity contribution in [3.8, 4) is 0 Å². The molecule has 4 heteroatoms. The maximum atomic E-state index is 11.4. The Bertz CT molecular complexity index is 260. The van der Waals surface area contributed by atoms with Gasteiger partial charge in [-0.05, 0) is 25.1 Å². The third-order valence-corrected chi connectivity index (χ3v) is 2.36. The van der Waals surface area contributed by atoms with Crippen LogP contribution in [0.2, 0.25) is 0 Å². The van der Waals surface area contributed by atoms with Crippen molar-refractivity contribution in [2.75, 3.05) is 7.05 Å². The number of unbranched alkanes of at least 4 members (excludes halogenated alkanes) is 2. The lowest BCUT2D eigenvalue weighted by atomic mass is 10.2. The van der Waals surface area contributed by atoms with Crippen molar-refractivity contribution >= 4 is 23.2 Å². The zero-order chi connectivity index (χ0) is 9.84. The highest BCUT2D eigenvalue weighted by Crippen LogP contribution is 2.09. The first-order chi connectivity index (χ1) is 6.16. The van der Waals surface area contributed by atoms with Crippen molar-refractivity contribution in [2.24, 2.45) is 0 Å². The number of allylic oxidation sites excluding steroid dienone is 1. The Morgan fingerprint density at radius 2 is 2.31 bits per heavy atom. The Morgan fingerprint density at radius 3 is 2.77 bits per heavy atom. The van der Waals surface area contributed by atoms with E-state index in [-0.39, 0.29) is 5.91 Å². The fraction of sp³-hybridized carbons (Fsp3) is 0.556. The zero-order valence-corrected chi connectivity index (χ0v) is 8.78. The fourth-order valence-electron chi connectivity index (χ4n) is 1.11. The summed E-state index contributed by atoms with van der Waals surface area (Å²) < 4.78 is 0. The molecule has 1 aliphatic heterocycles. The van der Waals surface area contributed by atoms with Crippen LogP contribution in [0, 0.1) is 0 Å². The van der Waals surface area contributed by atoms with E-state index >= 15 is 0 Å². The standard InChI is InChI=1S/C9H14N2OS/c1-3-4-5-6-7-8(12)11(2)9(13)10-7/h6H,3-5H2,1-2H3,(H,10,13)/b7-6+. The van der Waals surface area contributed by atoms with Crippen LogP contribution in [-0.2, 0) is 4.79 Å². The second-order valence-corrected chi connectivity index (χ2v) is 3.44. The maximum Gasteiger partial charge on any atom is 0.275 e. The van der Waals surface area contributed by atoms with E-state index in [0.29, 0.717) is 10.8 Å². The first-order valence-electron chi connectivity index (χ1n) is 4.46. The van der Waals surface area contributed by atoms with Gasteiger partial charge in [-0.25, -0.2) is 0 Å². The third kappa shape index (κ3) is 2.28. The van der Waals surface area contributed by atoms with Crippen molar-refractivity contribution in [3.63, 3.8) is 0 Å². The molecule has 0 atom stereocenters. The van der Waals surface area contributed by atoms with Crippen LogP contribution < -0.4 is 5.32 Å². The number of thiocarbonyl (C=S) groups is 1. The molecule has 0 unspecified atom stereocenters. The molecule has 0 aromatic carbocycles. The van der Waals surface area contributed by atoms with Gasteiger partial charge in [0, 0.05) is 7.05 Å². The summed E-state index contributed by atoms with van der Waals surface area (Å²) in [5, 5.41) is 3.37. The summed E-state index contributed by atoms with van der Waals surface area (Å²) in [7, 11) is 1.68. The smallest absolute Gasteiger partial charge is 0.275 e. The Labute approximate surface area is 83.8 Å². The van der Waals surface area contributed by atoms with Gasteiger partial charge in [0.05, 0.1) is 0 Å². The van der Waals surface area contributed by atoms with E-state index in [4.69, 9.17) is 12.2 Å². The van der Waals surface area contributed by atoms with E-state index in [1.54, 1.807) is 7.05 Å². The predicted octanol–water partition coefficient (Wildman–Crippen LogP) is 1.41. The van der Waals surface area contributed by atoms with Crippen molar-refractivity contribution in [3.05, 3.63) is 11.8 Å². The number of hydrogen-bond acceptors (Lipinski definition) is 2. The minimum atomic E-state index is -0.0268. The molecule has 3 nitrogen and oxygen atoms in total. The van der Waals surface area contributed by atoms with Gasteiger partial charge in [-0.2, -0.15) is 0 Å². The number of hydrogen-bond donors (Lipinski definition) is 1. The molecule has 1 fully saturated rings. The molecule has 0 radical (unpaired) electrons. The van der Waals surface area contributed by atoms with Gasteiger partial charge in [0.2, 0.25) is 0 Å². The fourth-order valence-corrected chi connectivity index (χ4v) is 1.31. The van der Waals surface area contributed by atoms with Gasteiger partial charge >= 0.3 is 0 Å². The molecule has 72 valence electrons. The van der Waals surface area contributed by atoms with Crippen LogP contribution in [0.3, 0.4) is 0 Å². The molecular weight excluding hydrogens is 184 g/mol. The van der Waals surface area contributed by atoms with Crippen LogP contribution in [0.4, 0.5) is 0 Å². The lowest BCUT2D eigenvalue weighted by Crippen LogP contribution is -2.25. The Hall–Kier alpha value is -0.900. The number of nitrogens with zero attached hydrogens (tertiary/aromatic N) is 1. The molecule has 1 aliphatic rings. The summed E-state index contributed by atoms with van der Waals surface area (Å²) in [6, 6.07) is 0. The molecule has 0 spiro atoms. The van der Waals surface area contributed by atoms with Crippen molar-refractivity contribution in [1.29, 1.82) is 0 Å². The summed E-state index contributed by atoms with van der Waals surface area (Å²) >= 11 is 4.93. The average molecular weight is 198 g/mol. The highest BCUT2D eigenvalue weighted by Gasteiger charge is 2.26. The number of likely N-dealkylation sites (N-methyl/N-ethyl adjacent to an activating group) is 1. The van der Waals surface area contributed by atoms with Crippen LogP contribution in [0.15, 0.2) is 11.8 Å². The molecule has 1 saturated heterocycles. The second-order valence-electron chi connectivity index (χ2n) is 3.05. The molecular formula is C9H14N2OS. The molecule has 0 bridgehead atoms. The number of rotatable bonds is 3. The lowest BCUT2D eigenvalue weighted by Gasteiger charge is -2.02. The van der Waals surface area contributed by atoms with E-state index in [1.807, 2.05) is 6.08 Å². The van der Waals surface area contributed by atoms with Gasteiger partial charge in [0.25, 0.3) is 5.91 Å². The third-order valence-electron chi connectivity index (χ3n) is 1.99. The van der Waals surface area contributed by atoms with Gasteiger partial charge in [0.15, 0.2) is 5.11 Å². The van der Waals surface area contributed by atoms with Gasteiger partial charge in [-0.3, -0.25) is 9.69 Å². The van der Waals surface area contributed by atoms with E-state index in [1.165, 1.54) is 4.90 Å². The molecule has 1 amide bonds. The van der Waals surface area contributed by atoms with Gasteiger partial charge in [0.1, 0.15) is 5.70 Å².